The molecule has 4 rings (SSSR count). The van der Waals surface area contributed by atoms with Crippen molar-refractivity contribution in [1.29, 1.82) is 0 Å². The number of Topliss-reactive ketones (excluding diaryl/α,β-unsaturated/α-hetero) is 1. The van der Waals surface area contributed by atoms with E-state index in [-0.39, 0.29) is 11.5 Å². The summed E-state index contributed by atoms with van der Waals surface area (Å²) in [5.74, 6) is 3.47. The fraction of sp³-hybridized carbons (Fsp3) is 0.222. The molecule has 0 unspecified atom stereocenters. The van der Waals surface area contributed by atoms with Crippen LogP contribution in [0.25, 0.3) is 6.08 Å². The Morgan fingerprint density at radius 3 is 2.12 bits per heavy atom. The molecule has 34 heavy (non-hydrogen) atoms. The van der Waals surface area contributed by atoms with Crippen molar-refractivity contribution < 1.29 is 33.2 Å². The molecule has 0 bridgehead atoms. The van der Waals surface area contributed by atoms with Gasteiger partial charge < -0.3 is 28.4 Å². The van der Waals surface area contributed by atoms with E-state index in [1.54, 1.807) is 58.8 Å². The minimum absolute atomic E-state index is 0.191. The Morgan fingerprint density at radius 2 is 1.47 bits per heavy atom. The van der Waals surface area contributed by atoms with E-state index < -0.39 is 0 Å². The van der Waals surface area contributed by atoms with Crippen LogP contribution in [0.3, 0.4) is 0 Å². The summed E-state index contributed by atoms with van der Waals surface area (Å²) in [4.78, 5) is 13.0. The summed E-state index contributed by atoms with van der Waals surface area (Å²) in [6.45, 7) is 2.25. The molecule has 0 amide bonds. The van der Waals surface area contributed by atoms with E-state index in [2.05, 4.69) is 0 Å². The van der Waals surface area contributed by atoms with Gasteiger partial charge in [0.25, 0.3) is 0 Å². The average Bonchev–Trinajstić information content (AvgIpc) is 3.19. The molecule has 1 aliphatic heterocycles. The van der Waals surface area contributed by atoms with Gasteiger partial charge in [-0.25, -0.2) is 0 Å². The van der Waals surface area contributed by atoms with E-state index in [0.717, 1.165) is 16.9 Å². The SMILES string of the molecule is COc1ccc(COc2ccc3c(c2C)O/C(=C\c2cc(OC)c(OC)cc2OC)C3=O)cc1. The van der Waals surface area contributed by atoms with Crippen LogP contribution in [0.5, 0.6) is 34.5 Å². The predicted molar refractivity (Wildman–Crippen MR) is 128 cm³/mol. The number of ketones is 1. The van der Waals surface area contributed by atoms with Crippen molar-refractivity contribution in [2.45, 2.75) is 13.5 Å². The fourth-order valence-electron chi connectivity index (χ4n) is 3.71. The quantitative estimate of drug-likeness (QED) is 0.425. The Bertz CT molecular complexity index is 1240. The molecule has 7 heteroatoms. The first kappa shape index (κ1) is 23.0. The maximum Gasteiger partial charge on any atom is 0.231 e. The highest BCUT2D eigenvalue weighted by Crippen LogP contribution is 2.41. The van der Waals surface area contributed by atoms with Gasteiger partial charge in [0.2, 0.25) is 5.78 Å². The van der Waals surface area contributed by atoms with Gasteiger partial charge >= 0.3 is 0 Å². The van der Waals surface area contributed by atoms with Crippen molar-refractivity contribution in [1.82, 2.24) is 0 Å². The highest BCUT2D eigenvalue weighted by molar-refractivity contribution is 6.15. The van der Waals surface area contributed by atoms with E-state index in [1.807, 2.05) is 31.2 Å². The Balaban J connectivity index is 1.59. The Labute approximate surface area is 198 Å². The van der Waals surface area contributed by atoms with Gasteiger partial charge in [-0.1, -0.05) is 12.1 Å². The number of rotatable bonds is 8. The smallest absolute Gasteiger partial charge is 0.231 e. The third kappa shape index (κ3) is 4.37. The van der Waals surface area contributed by atoms with Crippen LogP contribution in [0, 0.1) is 6.92 Å². The molecule has 0 saturated carbocycles. The standard InChI is InChI=1S/C27H26O7/c1-16-21(33-15-17-6-8-19(29-2)9-7-17)11-10-20-26(28)25(34-27(16)20)13-18-12-23(31-4)24(32-5)14-22(18)30-3/h6-14H,15H2,1-5H3/b25-13-. The van der Waals surface area contributed by atoms with Crippen LogP contribution in [0.1, 0.15) is 27.0 Å². The third-order valence-corrected chi connectivity index (χ3v) is 5.61. The second-order valence-electron chi connectivity index (χ2n) is 7.59. The summed E-state index contributed by atoms with van der Waals surface area (Å²) in [5.41, 5.74) is 2.87. The summed E-state index contributed by atoms with van der Waals surface area (Å²) in [5, 5.41) is 0. The summed E-state index contributed by atoms with van der Waals surface area (Å²) in [7, 11) is 6.27. The molecule has 1 aliphatic rings. The lowest BCUT2D eigenvalue weighted by Crippen LogP contribution is -2.00. The van der Waals surface area contributed by atoms with Gasteiger partial charge in [0.15, 0.2) is 17.3 Å². The Kier molecular flexibility index (Phi) is 6.63. The lowest BCUT2D eigenvalue weighted by Gasteiger charge is -2.13. The molecule has 0 saturated heterocycles. The van der Waals surface area contributed by atoms with Crippen molar-refractivity contribution >= 4 is 11.9 Å². The van der Waals surface area contributed by atoms with Crippen LogP contribution in [0.4, 0.5) is 0 Å². The molecule has 0 aliphatic carbocycles. The zero-order valence-corrected chi connectivity index (χ0v) is 19.8. The number of carbonyl (C=O) groups is 1. The summed E-state index contributed by atoms with van der Waals surface area (Å²) < 4.78 is 33.4. The van der Waals surface area contributed by atoms with E-state index in [0.29, 0.717) is 46.5 Å². The summed E-state index contributed by atoms with van der Waals surface area (Å²) in [6, 6.07) is 14.6. The molecule has 3 aromatic rings. The average molecular weight is 462 g/mol. The number of carbonyl (C=O) groups excluding carboxylic acids is 1. The topological polar surface area (TPSA) is 72.5 Å². The molecule has 0 fully saturated rings. The van der Waals surface area contributed by atoms with Gasteiger partial charge in [-0.05, 0) is 48.9 Å². The summed E-state index contributed by atoms with van der Waals surface area (Å²) in [6.07, 6.45) is 1.64. The molecule has 0 aromatic heterocycles. The third-order valence-electron chi connectivity index (χ3n) is 5.61. The first-order valence-electron chi connectivity index (χ1n) is 10.6. The number of hydrogen-bond donors (Lipinski definition) is 0. The molecule has 7 nitrogen and oxygen atoms in total. The molecule has 3 aromatic carbocycles. The first-order chi connectivity index (χ1) is 16.5. The largest absolute Gasteiger partial charge is 0.497 e. The molecule has 0 radical (unpaired) electrons. The molecule has 1 heterocycles. The van der Waals surface area contributed by atoms with Crippen LogP contribution in [0.15, 0.2) is 54.3 Å². The lowest BCUT2D eigenvalue weighted by atomic mass is 10.1. The molecular weight excluding hydrogens is 436 g/mol. The van der Waals surface area contributed by atoms with Crippen LogP contribution in [0.2, 0.25) is 0 Å². The van der Waals surface area contributed by atoms with Crippen LogP contribution in [-0.4, -0.2) is 34.2 Å². The maximum absolute atomic E-state index is 13.0. The second-order valence-corrected chi connectivity index (χ2v) is 7.59. The minimum Gasteiger partial charge on any atom is -0.497 e. The van der Waals surface area contributed by atoms with Gasteiger partial charge in [0.1, 0.15) is 29.6 Å². The Hall–Kier alpha value is -4.13. The zero-order valence-electron chi connectivity index (χ0n) is 19.8. The predicted octanol–water partition coefficient (Wildman–Crippen LogP) is 5.22. The van der Waals surface area contributed by atoms with Crippen molar-refractivity contribution in [3.63, 3.8) is 0 Å². The van der Waals surface area contributed by atoms with Gasteiger partial charge in [0.05, 0.1) is 34.0 Å². The number of fused-ring (bicyclic) bond motifs is 1. The summed E-state index contributed by atoms with van der Waals surface area (Å²) >= 11 is 0. The molecule has 0 spiro atoms. The number of benzene rings is 3. The van der Waals surface area contributed by atoms with E-state index in [9.17, 15) is 4.79 Å². The van der Waals surface area contributed by atoms with Crippen molar-refractivity contribution in [3.05, 3.63) is 76.5 Å². The number of hydrogen-bond acceptors (Lipinski definition) is 7. The zero-order chi connectivity index (χ0) is 24.2. The van der Waals surface area contributed by atoms with Gasteiger partial charge in [-0.15, -0.1) is 0 Å². The van der Waals surface area contributed by atoms with Crippen molar-refractivity contribution in [2.75, 3.05) is 28.4 Å². The Morgan fingerprint density at radius 1 is 0.794 bits per heavy atom. The fourth-order valence-corrected chi connectivity index (χ4v) is 3.71. The molecule has 0 atom stereocenters. The number of allylic oxidation sites excluding steroid dienone is 1. The van der Waals surface area contributed by atoms with Gasteiger partial charge in [-0.3, -0.25) is 4.79 Å². The van der Waals surface area contributed by atoms with Crippen molar-refractivity contribution in [2.24, 2.45) is 0 Å². The minimum atomic E-state index is -0.211. The molecule has 0 N–H and O–H groups in total. The number of methoxy groups -OCH3 is 4. The normalized spacial score (nSPS) is 13.3. The highest BCUT2D eigenvalue weighted by atomic mass is 16.5. The van der Waals surface area contributed by atoms with E-state index in [4.69, 9.17) is 28.4 Å². The lowest BCUT2D eigenvalue weighted by molar-refractivity contribution is 0.101. The molecule has 176 valence electrons. The molecular formula is C27H26O7. The van der Waals surface area contributed by atoms with Crippen LogP contribution < -0.4 is 28.4 Å². The maximum atomic E-state index is 13.0. The van der Waals surface area contributed by atoms with Crippen molar-refractivity contribution in [3.8, 4) is 34.5 Å². The van der Waals surface area contributed by atoms with Gasteiger partial charge in [-0.2, -0.15) is 0 Å². The van der Waals surface area contributed by atoms with Crippen LogP contribution in [-0.2, 0) is 6.61 Å². The first-order valence-corrected chi connectivity index (χ1v) is 10.6. The van der Waals surface area contributed by atoms with E-state index >= 15 is 0 Å². The second kappa shape index (κ2) is 9.79. The van der Waals surface area contributed by atoms with Crippen LogP contribution >= 0.6 is 0 Å². The van der Waals surface area contributed by atoms with Gasteiger partial charge in [0, 0.05) is 17.2 Å². The highest BCUT2D eigenvalue weighted by Gasteiger charge is 2.30. The number of ether oxygens (including phenoxy) is 6. The van der Waals surface area contributed by atoms with E-state index in [1.165, 1.54) is 0 Å². The monoisotopic (exact) mass is 462 g/mol.